The smallest absolute Gasteiger partial charge is 0.244 e. The van der Waals surface area contributed by atoms with Gasteiger partial charge < -0.3 is 9.84 Å². The van der Waals surface area contributed by atoms with Gasteiger partial charge in [-0.2, -0.15) is 4.31 Å². The molecule has 0 fully saturated rings. The minimum Gasteiger partial charge on any atom is -0.494 e. The Morgan fingerprint density at radius 1 is 1.26 bits per heavy atom. The van der Waals surface area contributed by atoms with Gasteiger partial charge in [0.1, 0.15) is 5.75 Å². The molecule has 0 radical (unpaired) electrons. The van der Waals surface area contributed by atoms with Gasteiger partial charge in [-0.3, -0.25) is 0 Å². The van der Waals surface area contributed by atoms with Crippen LogP contribution in [0.3, 0.4) is 0 Å². The van der Waals surface area contributed by atoms with E-state index < -0.39 is 10.0 Å². The number of rotatable bonds is 9. The molecule has 0 saturated heterocycles. The predicted octanol–water partition coefficient (Wildman–Crippen LogP) is 1.73. The first-order valence-corrected chi connectivity index (χ1v) is 8.61. The van der Waals surface area contributed by atoms with Gasteiger partial charge in [-0.25, -0.2) is 8.42 Å². The summed E-state index contributed by atoms with van der Waals surface area (Å²) in [5.74, 6) is 2.92. The quantitative estimate of drug-likeness (QED) is 0.550. The molecular formula is C17H23NO4S. The number of sulfonamides is 1. The summed E-state index contributed by atoms with van der Waals surface area (Å²) in [7, 11) is -3.69. The zero-order valence-corrected chi connectivity index (χ0v) is 14.1. The number of unbranched alkanes of at least 4 members (excludes halogenated alkanes) is 1. The number of benzene rings is 1. The van der Waals surface area contributed by atoms with E-state index in [-0.39, 0.29) is 24.6 Å². The molecule has 0 atom stereocenters. The SMILES string of the molecule is C#C.C#CCN(CCO)S(=O)(=O)c1ccc(OCCCC)cc1. The molecule has 0 aliphatic heterocycles. The van der Waals surface area contributed by atoms with Crippen molar-refractivity contribution in [3.05, 3.63) is 24.3 Å². The Balaban J connectivity index is 0.00000232. The number of hydrogen-bond donors (Lipinski definition) is 1. The normalized spacial score (nSPS) is 10.4. The second-order valence-corrected chi connectivity index (χ2v) is 6.38. The average molecular weight is 337 g/mol. The summed E-state index contributed by atoms with van der Waals surface area (Å²) in [5, 5.41) is 8.94. The Morgan fingerprint density at radius 3 is 2.35 bits per heavy atom. The van der Waals surface area contributed by atoms with E-state index in [9.17, 15) is 8.42 Å². The minimum atomic E-state index is -3.69. The predicted molar refractivity (Wildman–Crippen MR) is 91.4 cm³/mol. The van der Waals surface area contributed by atoms with E-state index >= 15 is 0 Å². The van der Waals surface area contributed by atoms with Crippen LogP contribution in [0.15, 0.2) is 29.2 Å². The molecule has 0 amide bonds. The van der Waals surface area contributed by atoms with Crippen LogP contribution in [0.5, 0.6) is 5.75 Å². The van der Waals surface area contributed by atoms with Gasteiger partial charge in [-0.15, -0.1) is 19.3 Å². The molecule has 1 aromatic rings. The number of aliphatic hydroxyl groups is 1. The largest absolute Gasteiger partial charge is 0.494 e. The molecule has 0 spiro atoms. The minimum absolute atomic E-state index is 0.0265. The van der Waals surface area contributed by atoms with Crippen molar-refractivity contribution in [2.24, 2.45) is 0 Å². The van der Waals surface area contributed by atoms with E-state index in [2.05, 4.69) is 25.7 Å². The van der Waals surface area contributed by atoms with Gasteiger partial charge in [0.25, 0.3) is 0 Å². The Kier molecular flexibility index (Phi) is 10.6. The van der Waals surface area contributed by atoms with Crippen molar-refractivity contribution in [3.8, 4) is 30.9 Å². The van der Waals surface area contributed by atoms with Crippen LogP contribution < -0.4 is 4.74 Å². The highest BCUT2D eigenvalue weighted by molar-refractivity contribution is 7.89. The Bertz CT molecular complexity index is 600. The summed E-state index contributed by atoms with van der Waals surface area (Å²) in [4.78, 5) is 0.133. The van der Waals surface area contributed by atoms with Gasteiger partial charge in [-0.05, 0) is 30.7 Å². The summed E-state index contributed by atoms with van der Waals surface area (Å²) < 4.78 is 31.3. The molecular weight excluding hydrogens is 314 g/mol. The monoisotopic (exact) mass is 337 g/mol. The van der Waals surface area contributed by atoms with Gasteiger partial charge >= 0.3 is 0 Å². The van der Waals surface area contributed by atoms with Crippen LogP contribution in [-0.2, 0) is 10.0 Å². The number of ether oxygens (including phenoxy) is 1. The highest BCUT2D eigenvalue weighted by atomic mass is 32.2. The molecule has 0 bridgehead atoms. The first-order chi connectivity index (χ1) is 11.1. The van der Waals surface area contributed by atoms with Crippen LogP contribution in [0.4, 0.5) is 0 Å². The van der Waals surface area contributed by atoms with Crippen LogP contribution in [0.1, 0.15) is 19.8 Å². The summed E-state index contributed by atoms with van der Waals surface area (Å²) in [6.07, 6.45) is 15.2. The third-order valence-electron chi connectivity index (χ3n) is 2.85. The van der Waals surface area contributed by atoms with Crippen molar-refractivity contribution < 1.29 is 18.3 Å². The highest BCUT2D eigenvalue weighted by Crippen LogP contribution is 2.19. The zero-order chi connectivity index (χ0) is 17.7. The van der Waals surface area contributed by atoms with Crippen LogP contribution in [-0.4, -0.2) is 44.1 Å². The number of nitrogens with zero attached hydrogens (tertiary/aromatic N) is 1. The fourth-order valence-electron chi connectivity index (χ4n) is 1.69. The second-order valence-electron chi connectivity index (χ2n) is 4.44. The van der Waals surface area contributed by atoms with Crippen LogP contribution >= 0.6 is 0 Å². The fraction of sp³-hybridized carbons (Fsp3) is 0.412. The van der Waals surface area contributed by atoms with E-state index in [1.807, 2.05) is 0 Å². The van der Waals surface area contributed by atoms with Gasteiger partial charge in [0.15, 0.2) is 0 Å². The number of terminal acetylenes is 2. The molecule has 0 aromatic heterocycles. The zero-order valence-electron chi connectivity index (χ0n) is 13.3. The maximum atomic E-state index is 12.4. The van der Waals surface area contributed by atoms with E-state index in [4.69, 9.17) is 16.3 Å². The first kappa shape index (κ1) is 21.0. The third-order valence-corrected chi connectivity index (χ3v) is 4.70. The molecule has 1 rings (SSSR count). The molecule has 1 N–H and O–H groups in total. The Labute approximate surface area is 139 Å². The van der Waals surface area contributed by atoms with Gasteiger partial charge in [0.05, 0.1) is 24.7 Å². The molecule has 0 heterocycles. The average Bonchev–Trinajstić information content (AvgIpc) is 2.57. The van der Waals surface area contributed by atoms with Gasteiger partial charge in [0.2, 0.25) is 10.0 Å². The van der Waals surface area contributed by atoms with Gasteiger partial charge in [-0.1, -0.05) is 19.3 Å². The molecule has 0 unspecified atom stereocenters. The molecule has 6 heteroatoms. The standard InChI is InChI=1S/C15H21NO4S.C2H2/c1-3-5-13-20-14-6-8-15(9-7-14)21(18,19)16(10-4-2)11-12-17;1-2/h2,6-9,17H,3,5,10-13H2,1H3;1-2H. The first-order valence-electron chi connectivity index (χ1n) is 7.17. The lowest BCUT2D eigenvalue weighted by atomic mass is 10.3. The highest BCUT2D eigenvalue weighted by Gasteiger charge is 2.23. The van der Waals surface area contributed by atoms with E-state index in [0.717, 1.165) is 17.1 Å². The molecule has 5 nitrogen and oxygen atoms in total. The molecule has 23 heavy (non-hydrogen) atoms. The summed E-state index contributed by atoms with van der Waals surface area (Å²) in [6, 6.07) is 6.21. The topological polar surface area (TPSA) is 66.8 Å². The van der Waals surface area contributed by atoms with Crippen molar-refractivity contribution in [2.45, 2.75) is 24.7 Å². The Morgan fingerprint density at radius 2 is 1.87 bits per heavy atom. The lowest BCUT2D eigenvalue weighted by Crippen LogP contribution is -2.33. The van der Waals surface area contributed by atoms with Crippen molar-refractivity contribution in [1.82, 2.24) is 4.31 Å². The van der Waals surface area contributed by atoms with Crippen molar-refractivity contribution in [2.75, 3.05) is 26.3 Å². The summed E-state index contributed by atoms with van der Waals surface area (Å²) in [5.41, 5.74) is 0. The maximum absolute atomic E-state index is 12.4. The summed E-state index contributed by atoms with van der Waals surface area (Å²) >= 11 is 0. The Hall–Kier alpha value is -1.99. The lowest BCUT2D eigenvalue weighted by Gasteiger charge is -2.18. The molecule has 0 aliphatic carbocycles. The molecule has 0 saturated carbocycles. The van der Waals surface area contributed by atoms with E-state index in [1.165, 1.54) is 12.1 Å². The fourth-order valence-corrected chi connectivity index (χ4v) is 3.03. The maximum Gasteiger partial charge on any atom is 0.244 e. The molecule has 1 aromatic carbocycles. The molecule has 0 aliphatic rings. The number of aliphatic hydroxyl groups excluding tert-OH is 1. The molecule has 126 valence electrons. The van der Waals surface area contributed by atoms with E-state index in [0.29, 0.717) is 12.4 Å². The third kappa shape index (κ3) is 6.75. The van der Waals surface area contributed by atoms with Crippen molar-refractivity contribution >= 4 is 10.0 Å². The van der Waals surface area contributed by atoms with Gasteiger partial charge in [0, 0.05) is 6.54 Å². The van der Waals surface area contributed by atoms with Crippen molar-refractivity contribution in [3.63, 3.8) is 0 Å². The lowest BCUT2D eigenvalue weighted by molar-refractivity contribution is 0.261. The number of hydrogen-bond acceptors (Lipinski definition) is 4. The van der Waals surface area contributed by atoms with Crippen molar-refractivity contribution in [1.29, 1.82) is 0 Å². The summed E-state index contributed by atoms with van der Waals surface area (Å²) in [6.45, 7) is 2.30. The van der Waals surface area contributed by atoms with E-state index in [1.54, 1.807) is 12.1 Å². The second kappa shape index (κ2) is 11.6. The van der Waals surface area contributed by atoms with Crippen LogP contribution in [0.25, 0.3) is 0 Å². The van der Waals surface area contributed by atoms with Crippen LogP contribution in [0, 0.1) is 25.2 Å². The van der Waals surface area contributed by atoms with Crippen LogP contribution in [0.2, 0.25) is 0 Å².